The summed E-state index contributed by atoms with van der Waals surface area (Å²) in [6, 6.07) is 15.0. The molecular weight excluding hydrogens is 374 g/mol. The van der Waals surface area contributed by atoms with Crippen LogP contribution < -0.4 is 10.6 Å². The predicted molar refractivity (Wildman–Crippen MR) is 110 cm³/mol. The predicted octanol–water partition coefficient (Wildman–Crippen LogP) is 3.23. The van der Waals surface area contributed by atoms with Gasteiger partial charge in [-0.2, -0.15) is 4.31 Å². The third-order valence-corrected chi connectivity index (χ3v) is 7.23. The normalized spacial score (nSPS) is 20.7. The van der Waals surface area contributed by atoms with Crippen molar-refractivity contribution in [2.75, 3.05) is 23.7 Å². The van der Waals surface area contributed by atoms with E-state index in [1.807, 2.05) is 30.3 Å². The van der Waals surface area contributed by atoms with E-state index < -0.39 is 10.0 Å². The topological polar surface area (TPSA) is 78.5 Å². The fraction of sp³-hybridized carbons (Fsp3) is 0.381. The van der Waals surface area contributed by atoms with Crippen LogP contribution in [0.2, 0.25) is 0 Å². The molecule has 0 aromatic heterocycles. The van der Waals surface area contributed by atoms with Gasteiger partial charge in [-0.25, -0.2) is 8.42 Å². The molecule has 2 aromatic rings. The number of amides is 1. The first-order chi connectivity index (χ1) is 13.5. The number of nitrogens with one attached hydrogen (secondary N) is 2. The van der Waals surface area contributed by atoms with Crippen LogP contribution in [0.4, 0.5) is 11.4 Å². The van der Waals surface area contributed by atoms with Gasteiger partial charge in [0.2, 0.25) is 15.9 Å². The van der Waals surface area contributed by atoms with Crippen molar-refractivity contribution in [3.05, 3.63) is 54.1 Å². The summed E-state index contributed by atoms with van der Waals surface area (Å²) in [5, 5.41) is 6.30. The lowest BCUT2D eigenvalue weighted by atomic mass is 10.1. The average Bonchev–Trinajstić information content (AvgIpc) is 2.89. The maximum atomic E-state index is 13.2. The van der Waals surface area contributed by atoms with Crippen LogP contribution in [0.25, 0.3) is 0 Å². The quantitative estimate of drug-likeness (QED) is 0.827. The Labute approximate surface area is 166 Å². The van der Waals surface area contributed by atoms with Crippen molar-refractivity contribution in [2.45, 2.75) is 43.0 Å². The highest BCUT2D eigenvalue weighted by atomic mass is 32.2. The van der Waals surface area contributed by atoms with Crippen molar-refractivity contribution in [1.82, 2.24) is 4.31 Å². The second kappa shape index (κ2) is 7.93. The van der Waals surface area contributed by atoms with Gasteiger partial charge in [-0.3, -0.25) is 4.79 Å². The third-order valence-electron chi connectivity index (χ3n) is 5.37. The fourth-order valence-corrected chi connectivity index (χ4v) is 5.48. The van der Waals surface area contributed by atoms with Crippen molar-refractivity contribution in [1.29, 1.82) is 0 Å². The molecule has 4 rings (SSSR count). The number of carbonyl (C=O) groups is 1. The minimum Gasteiger partial charge on any atom is -0.381 e. The Kier molecular flexibility index (Phi) is 5.37. The number of anilines is 2. The van der Waals surface area contributed by atoms with E-state index in [4.69, 9.17) is 0 Å². The molecule has 2 N–H and O–H groups in total. The molecule has 2 aliphatic rings. The standard InChI is InChI=1S/C21H25N3O3S/c25-21-10-4-6-16-14-19(11-12-20(16)23-21)28(26,27)24-13-5-9-18(15-24)22-17-7-2-1-3-8-17/h1-3,7-8,11-12,14,18,22H,4-6,9-10,13,15H2,(H,23,25). The number of para-hydroxylation sites is 1. The van der Waals surface area contributed by atoms with Gasteiger partial charge in [0.05, 0.1) is 4.90 Å². The molecule has 1 fully saturated rings. The van der Waals surface area contributed by atoms with E-state index in [1.165, 1.54) is 0 Å². The number of aryl methyl sites for hydroxylation is 1. The number of hydrogen-bond donors (Lipinski definition) is 2. The Balaban J connectivity index is 1.53. The Bertz CT molecular complexity index is 960. The smallest absolute Gasteiger partial charge is 0.243 e. The van der Waals surface area contributed by atoms with Gasteiger partial charge in [-0.1, -0.05) is 18.2 Å². The number of hydrogen-bond acceptors (Lipinski definition) is 4. The first-order valence-electron chi connectivity index (χ1n) is 9.77. The highest BCUT2D eigenvalue weighted by Gasteiger charge is 2.31. The van der Waals surface area contributed by atoms with Gasteiger partial charge >= 0.3 is 0 Å². The molecule has 2 heterocycles. The Morgan fingerprint density at radius 1 is 1.04 bits per heavy atom. The van der Waals surface area contributed by atoms with Gasteiger partial charge in [-0.15, -0.1) is 0 Å². The van der Waals surface area contributed by atoms with Gasteiger partial charge in [0, 0.05) is 36.9 Å². The molecule has 2 aliphatic heterocycles. The van der Waals surface area contributed by atoms with Gasteiger partial charge in [0.15, 0.2) is 0 Å². The first-order valence-corrected chi connectivity index (χ1v) is 11.2. The van der Waals surface area contributed by atoms with Crippen LogP contribution in [0.15, 0.2) is 53.4 Å². The molecule has 1 amide bonds. The number of nitrogens with zero attached hydrogens (tertiary/aromatic N) is 1. The summed E-state index contributed by atoms with van der Waals surface area (Å²) in [6.07, 6.45) is 3.67. The first kappa shape index (κ1) is 19.0. The summed E-state index contributed by atoms with van der Waals surface area (Å²) >= 11 is 0. The molecule has 1 unspecified atom stereocenters. The SMILES string of the molecule is O=C1CCCc2cc(S(=O)(=O)N3CCCC(Nc4ccccc4)C3)ccc2N1. The van der Waals surface area contributed by atoms with Crippen LogP contribution in [-0.2, 0) is 21.2 Å². The number of carbonyl (C=O) groups excluding carboxylic acids is 1. The van der Waals surface area contributed by atoms with Crippen molar-refractivity contribution >= 4 is 27.3 Å². The molecule has 148 valence electrons. The molecule has 1 atom stereocenters. The summed E-state index contributed by atoms with van der Waals surface area (Å²) in [5.41, 5.74) is 2.62. The van der Waals surface area contributed by atoms with E-state index in [-0.39, 0.29) is 11.9 Å². The van der Waals surface area contributed by atoms with Crippen LogP contribution in [0.5, 0.6) is 0 Å². The number of piperidine rings is 1. The summed E-state index contributed by atoms with van der Waals surface area (Å²) in [4.78, 5) is 12.0. The summed E-state index contributed by atoms with van der Waals surface area (Å²) in [7, 11) is -3.57. The van der Waals surface area contributed by atoms with E-state index in [1.54, 1.807) is 22.5 Å². The minimum absolute atomic E-state index is 0.0137. The van der Waals surface area contributed by atoms with Crippen LogP contribution in [-0.4, -0.2) is 37.8 Å². The van der Waals surface area contributed by atoms with Gasteiger partial charge in [-0.05, 0) is 61.6 Å². The largest absolute Gasteiger partial charge is 0.381 e. The van der Waals surface area contributed by atoms with Crippen molar-refractivity contribution in [3.8, 4) is 0 Å². The molecule has 0 bridgehead atoms. The number of fused-ring (bicyclic) bond motifs is 1. The maximum Gasteiger partial charge on any atom is 0.243 e. The zero-order valence-electron chi connectivity index (χ0n) is 15.7. The molecule has 0 spiro atoms. The molecule has 0 aliphatic carbocycles. The summed E-state index contributed by atoms with van der Waals surface area (Å²) in [5.74, 6) is -0.0137. The lowest BCUT2D eigenvalue weighted by molar-refractivity contribution is -0.116. The van der Waals surface area contributed by atoms with Crippen LogP contribution in [0.3, 0.4) is 0 Å². The Morgan fingerprint density at radius 2 is 1.86 bits per heavy atom. The number of sulfonamides is 1. The highest BCUT2D eigenvalue weighted by molar-refractivity contribution is 7.89. The zero-order valence-corrected chi connectivity index (χ0v) is 16.5. The van der Waals surface area contributed by atoms with Crippen LogP contribution in [0.1, 0.15) is 31.2 Å². The van der Waals surface area contributed by atoms with Gasteiger partial charge in [0.25, 0.3) is 0 Å². The molecule has 6 nitrogen and oxygen atoms in total. The molecule has 28 heavy (non-hydrogen) atoms. The summed E-state index contributed by atoms with van der Waals surface area (Å²) < 4.78 is 28.0. The van der Waals surface area contributed by atoms with E-state index >= 15 is 0 Å². The van der Waals surface area contributed by atoms with Gasteiger partial charge in [0.1, 0.15) is 0 Å². The van der Waals surface area contributed by atoms with E-state index in [9.17, 15) is 13.2 Å². The van der Waals surface area contributed by atoms with Gasteiger partial charge < -0.3 is 10.6 Å². The van der Waals surface area contributed by atoms with Crippen LogP contribution in [0, 0.1) is 0 Å². The average molecular weight is 400 g/mol. The molecule has 0 saturated carbocycles. The van der Waals surface area contributed by atoms with E-state index in [2.05, 4.69) is 10.6 Å². The second-order valence-corrected chi connectivity index (χ2v) is 9.37. The Hall–Kier alpha value is -2.38. The second-order valence-electron chi connectivity index (χ2n) is 7.43. The molecule has 7 heteroatoms. The zero-order chi connectivity index (χ0) is 19.6. The number of benzene rings is 2. The lowest BCUT2D eigenvalue weighted by Crippen LogP contribution is -2.45. The molecule has 1 saturated heterocycles. The van der Waals surface area contributed by atoms with E-state index in [0.29, 0.717) is 30.8 Å². The lowest BCUT2D eigenvalue weighted by Gasteiger charge is -2.33. The Morgan fingerprint density at radius 3 is 2.68 bits per heavy atom. The fourth-order valence-electron chi connectivity index (χ4n) is 3.91. The molecular formula is C21H25N3O3S. The molecule has 2 aromatic carbocycles. The highest BCUT2D eigenvalue weighted by Crippen LogP contribution is 2.28. The van der Waals surface area contributed by atoms with Crippen molar-refractivity contribution in [3.63, 3.8) is 0 Å². The number of rotatable bonds is 4. The molecule has 0 radical (unpaired) electrons. The van der Waals surface area contributed by atoms with Crippen molar-refractivity contribution in [2.24, 2.45) is 0 Å². The van der Waals surface area contributed by atoms with Crippen LogP contribution >= 0.6 is 0 Å². The van der Waals surface area contributed by atoms with Crippen molar-refractivity contribution < 1.29 is 13.2 Å². The maximum absolute atomic E-state index is 13.2. The van der Waals surface area contributed by atoms with E-state index in [0.717, 1.165) is 36.2 Å². The minimum atomic E-state index is -3.57. The third kappa shape index (κ3) is 4.05. The summed E-state index contributed by atoms with van der Waals surface area (Å²) in [6.45, 7) is 0.980. The monoisotopic (exact) mass is 399 g/mol.